The lowest BCUT2D eigenvalue weighted by molar-refractivity contribution is 0.340. The van der Waals surface area contributed by atoms with Crippen LogP contribution in [-0.2, 0) is 6.42 Å². The molecule has 0 radical (unpaired) electrons. The summed E-state index contributed by atoms with van der Waals surface area (Å²) in [5.74, 6) is 2.00. The van der Waals surface area contributed by atoms with Crippen molar-refractivity contribution in [1.29, 1.82) is 0 Å². The van der Waals surface area contributed by atoms with E-state index in [9.17, 15) is 0 Å². The Labute approximate surface area is 125 Å². The lowest BCUT2D eigenvalue weighted by atomic mass is 9.94. The standard InChI is InChI=1S/C16H23N5/c1-2-4-13-9-16(21-15(19-13)6-8-18-21)20-10-12-5-3-7-17-14(12)11-20/h6,8-9,12,14,17H,2-5,7,10-11H2,1H3/t12-,14+/m0/s1. The summed E-state index contributed by atoms with van der Waals surface area (Å²) in [5.41, 5.74) is 2.15. The molecular formula is C16H23N5. The van der Waals surface area contributed by atoms with Gasteiger partial charge in [0.25, 0.3) is 0 Å². The molecule has 4 rings (SSSR count). The van der Waals surface area contributed by atoms with Crippen LogP contribution in [0.2, 0.25) is 0 Å². The van der Waals surface area contributed by atoms with Crippen LogP contribution < -0.4 is 10.2 Å². The molecule has 0 unspecified atom stereocenters. The van der Waals surface area contributed by atoms with Gasteiger partial charge in [0.1, 0.15) is 5.82 Å². The van der Waals surface area contributed by atoms with Crippen molar-refractivity contribution in [2.24, 2.45) is 5.92 Å². The molecule has 1 N–H and O–H groups in total. The van der Waals surface area contributed by atoms with E-state index < -0.39 is 0 Å². The molecular weight excluding hydrogens is 262 g/mol. The van der Waals surface area contributed by atoms with Gasteiger partial charge in [0.2, 0.25) is 0 Å². The molecule has 2 aromatic heterocycles. The number of nitrogens with one attached hydrogen (secondary N) is 1. The maximum atomic E-state index is 4.71. The summed E-state index contributed by atoms with van der Waals surface area (Å²) < 4.78 is 2.00. The van der Waals surface area contributed by atoms with E-state index in [4.69, 9.17) is 4.98 Å². The Morgan fingerprint density at radius 2 is 2.33 bits per heavy atom. The molecule has 0 aromatic carbocycles. The molecule has 4 heterocycles. The molecule has 0 spiro atoms. The van der Waals surface area contributed by atoms with E-state index >= 15 is 0 Å². The zero-order valence-electron chi connectivity index (χ0n) is 12.6. The number of hydrogen-bond donors (Lipinski definition) is 1. The number of aryl methyl sites for hydroxylation is 1. The average Bonchev–Trinajstić information content (AvgIpc) is 3.12. The molecule has 5 nitrogen and oxygen atoms in total. The van der Waals surface area contributed by atoms with E-state index in [1.807, 2.05) is 16.8 Å². The Morgan fingerprint density at radius 1 is 1.38 bits per heavy atom. The van der Waals surface area contributed by atoms with Gasteiger partial charge in [0.15, 0.2) is 5.65 Å². The zero-order valence-corrected chi connectivity index (χ0v) is 12.6. The second kappa shape index (κ2) is 5.30. The number of nitrogens with zero attached hydrogens (tertiary/aromatic N) is 4. The number of anilines is 1. The van der Waals surface area contributed by atoms with E-state index in [-0.39, 0.29) is 0 Å². The van der Waals surface area contributed by atoms with E-state index in [1.165, 1.54) is 30.9 Å². The fourth-order valence-electron chi connectivity index (χ4n) is 3.79. The molecule has 5 heteroatoms. The fraction of sp³-hybridized carbons (Fsp3) is 0.625. The van der Waals surface area contributed by atoms with Crippen molar-refractivity contribution in [3.8, 4) is 0 Å². The maximum Gasteiger partial charge on any atom is 0.157 e. The lowest BCUT2D eigenvalue weighted by Gasteiger charge is -2.24. The molecule has 0 amide bonds. The molecule has 112 valence electrons. The molecule has 0 aliphatic carbocycles. The van der Waals surface area contributed by atoms with Crippen LogP contribution >= 0.6 is 0 Å². The van der Waals surface area contributed by atoms with Gasteiger partial charge in [-0.05, 0) is 31.7 Å². The lowest BCUT2D eigenvalue weighted by Crippen LogP contribution is -2.40. The van der Waals surface area contributed by atoms with Crippen LogP contribution in [0.5, 0.6) is 0 Å². The largest absolute Gasteiger partial charge is 0.355 e. The van der Waals surface area contributed by atoms with Crippen LogP contribution in [0.3, 0.4) is 0 Å². The molecule has 2 atom stereocenters. The molecule has 2 fully saturated rings. The van der Waals surface area contributed by atoms with Crippen molar-refractivity contribution < 1.29 is 0 Å². The highest BCUT2D eigenvalue weighted by Gasteiger charge is 2.35. The second-order valence-corrected chi connectivity index (χ2v) is 6.32. The average molecular weight is 285 g/mol. The highest BCUT2D eigenvalue weighted by Crippen LogP contribution is 2.29. The van der Waals surface area contributed by atoms with E-state index in [1.54, 1.807) is 0 Å². The van der Waals surface area contributed by atoms with Gasteiger partial charge in [-0.25, -0.2) is 4.98 Å². The van der Waals surface area contributed by atoms with Crippen molar-refractivity contribution in [2.45, 2.75) is 38.6 Å². The van der Waals surface area contributed by atoms with E-state index in [0.29, 0.717) is 6.04 Å². The molecule has 21 heavy (non-hydrogen) atoms. The predicted molar refractivity (Wildman–Crippen MR) is 83.7 cm³/mol. The van der Waals surface area contributed by atoms with Gasteiger partial charge in [-0.15, -0.1) is 0 Å². The summed E-state index contributed by atoms with van der Waals surface area (Å²) in [4.78, 5) is 7.20. The van der Waals surface area contributed by atoms with Gasteiger partial charge < -0.3 is 10.2 Å². The zero-order chi connectivity index (χ0) is 14.2. The summed E-state index contributed by atoms with van der Waals surface area (Å²) in [6, 6.07) is 4.89. The van der Waals surface area contributed by atoms with Gasteiger partial charge in [0.05, 0.1) is 6.20 Å². The van der Waals surface area contributed by atoms with Crippen molar-refractivity contribution in [3.05, 3.63) is 24.0 Å². The summed E-state index contributed by atoms with van der Waals surface area (Å²) in [7, 11) is 0. The minimum absolute atomic E-state index is 0.646. The quantitative estimate of drug-likeness (QED) is 0.935. The van der Waals surface area contributed by atoms with Crippen LogP contribution in [0.25, 0.3) is 5.65 Å². The fourth-order valence-corrected chi connectivity index (χ4v) is 3.79. The summed E-state index contributed by atoms with van der Waals surface area (Å²) in [6.07, 6.45) is 6.67. The first kappa shape index (κ1) is 13.1. The second-order valence-electron chi connectivity index (χ2n) is 6.32. The highest BCUT2D eigenvalue weighted by molar-refractivity contribution is 5.52. The van der Waals surface area contributed by atoms with Crippen molar-refractivity contribution >= 4 is 11.5 Å². The smallest absolute Gasteiger partial charge is 0.157 e. The van der Waals surface area contributed by atoms with Crippen LogP contribution in [0, 0.1) is 5.92 Å². The minimum Gasteiger partial charge on any atom is -0.355 e. The van der Waals surface area contributed by atoms with Crippen LogP contribution in [-0.4, -0.2) is 40.3 Å². The van der Waals surface area contributed by atoms with E-state index in [2.05, 4.69) is 28.3 Å². The summed E-state index contributed by atoms with van der Waals surface area (Å²) in [5, 5.41) is 8.15. The molecule has 0 bridgehead atoms. The number of piperidine rings is 1. The third-order valence-corrected chi connectivity index (χ3v) is 4.82. The number of fused-ring (bicyclic) bond motifs is 2. The van der Waals surface area contributed by atoms with E-state index in [0.717, 1.165) is 37.5 Å². The van der Waals surface area contributed by atoms with Gasteiger partial charge in [-0.2, -0.15) is 9.61 Å². The topological polar surface area (TPSA) is 45.5 Å². The Balaban J connectivity index is 1.70. The summed E-state index contributed by atoms with van der Waals surface area (Å²) in [6.45, 7) is 5.61. The highest BCUT2D eigenvalue weighted by atomic mass is 15.4. The van der Waals surface area contributed by atoms with Crippen LogP contribution in [0.15, 0.2) is 18.3 Å². The predicted octanol–water partition coefficient (Wildman–Crippen LogP) is 1.87. The molecule has 2 aliphatic heterocycles. The molecule has 2 aliphatic rings. The van der Waals surface area contributed by atoms with Gasteiger partial charge in [-0.3, -0.25) is 0 Å². The van der Waals surface area contributed by atoms with Crippen molar-refractivity contribution in [1.82, 2.24) is 19.9 Å². The van der Waals surface area contributed by atoms with Gasteiger partial charge >= 0.3 is 0 Å². The third kappa shape index (κ3) is 2.29. The molecule has 2 saturated heterocycles. The van der Waals surface area contributed by atoms with Crippen molar-refractivity contribution in [3.63, 3.8) is 0 Å². The molecule has 2 aromatic rings. The monoisotopic (exact) mass is 285 g/mol. The SMILES string of the molecule is CCCc1cc(N2C[C@@H]3CCCN[C@@H]3C2)n2nccc2n1. The Bertz CT molecular complexity index is 621. The normalized spacial score (nSPS) is 25.5. The van der Waals surface area contributed by atoms with Crippen LogP contribution in [0.1, 0.15) is 31.9 Å². The Morgan fingerprint density at radius 3 is 3.19 bits per heavy atom. The first-order valence-electron chi connectivity index (χ1n) is 8.17. The first-order chi connectivity index (χ1) is 10.3. The maximum absolute atomic E-state index is 4.71. The first-order valence-corrected chi connectivity index (χ1v) is 8.17. The Kier molecular flexibility index (Phi) is 3.30. The third-order valence-electron chi connectivity index (χ3n) is 4.82. The summed E-state index contributed by atoms with van der Waals surface area (Å²) >= 11 is 0. The van der Waals surface area contributed by atoms with Crippen molar-refractivity contribution in [2.75, 3.05) is 24.5 Å². The number of rotatable bonds is 3. The molecule has 0 saturated carbocycles. The number of aromatic nitrogens is 3. The Hall–Kier alpha value is -1.62. The van der Waals surface area contributed by atoms with Gasteiger partial charge in [0, 0.05) is 37.0 Å². The number of hydrogen-bond acceptors (Lipinski definition) is 4. The van der Waals surface area contributed by atoms with Crippen LogP contribution in [0.4, 0.5) is 5.82 Å². The minimum atomic E-state index is 0.646. The van der Waals surface area contributed by atoms with Gasteiger partial charge in [-0.1, -0.05) is 13.3 Å².